The summed E-state index contributed by atoms with van der Waals surface area (Å²) in [5.74, 6) is -0.654. The normalized spacial score (nSPS) is 13.1. The van der Waals surface area contributed by atoms with Gasteiger partial charge in [0.1, 0.15) is 6.04 Å². The number of carbonyl (C=O) groups excluding carboxylic acids is 2. The average molecular weight is 231 g/mol. The molecule has 1 unspecified atom stereocenters. The molecule has 0 bridgehead atoms. The first-order chi connectivity index (χ1) is 7.32. The van der Waals surface area contributed by atoms with Crippen LogP contribution >= 0.6 is 0 Å². The van der Waals surface area contributed by atoms with E-state index in [-0.39, 0.29) is 12.3 Å². The molecular weight excluding hydrogens is 210 g/mol. The summed E-state index contributed by atoms with van der Waals surface area (Å²) in [4.78, 5) is 22.8. The van der Waals surface area contributed by atoms with Crippen molar-refractivity contribution in [2.24, 2.45) is 0 Å². The Labute approximate surface area is 96.5 Å². The van der Waals surface area contributed by atoms with Gasteiger partial charge in [-0.05, 0) is 27.7 Å². The van der Waals surface area contributed by atoms with E-state index in [0.29, 0.717) is 6.61 Å². The van der Waals surface area contributed by atoms with Crippen LogP contribution in [0.25, 0.3) is 0 Å². The van der Waals surface area contributed by atoms with E-state index in [1.165, 1.54) is 0 Å². The zero-order valence-corrected chi connectivity index (χ0v) is 10.6. The van der Waals surface area contributed by atoms with Gasteiger partial charge in [0.25, 0.3) is 0 Å². The fourth-order valence-electron chi connectivity index (χ4n) is 1.08. The molecule has 1 atom stereocenters. The monoisotopic (exact) mass is 231 g/mol. The third-order valence-electron chi connectivity index (χ3n) is 2.16. The number of methoxy groups -OCH3 is 1. The quantitative estimate of drug-likeness (QED) is 0.689. The standard InChI is InChI=1S/C11H21NO4/c1-6-16-10(14)8(2)12-9(13)7-11(3,4)15-5/h8H,6-7H2,1-5H3,(H,12,13). The molecule has 0 fully saturated rings. The van der Waals surface area contributed by atoms with Crippen LogP contribution in [0.1, 0.15) is 34.1 Å². The molecule has 5 heteroatoms. The van der Waals surface area contributed by atoms with Gasteiger partial charge in [0.05, 0.1) is 18.6 Å². The van der Waals surface area contributed by atoms with Gasteiger partial charge in [-0.25, -0.2) is 4.79 Å². The molecular formula is C11H21NO4. The van der Waals surface area contributed by atoms with Crippen LogP contribution in [0.5, 0.6) is 0 Å². The highest BCUT2D eigenvalue weighted by atomic mass is 16.5. The van der Waals surface area contributed by atoms with E-state index in [4.69, 9.17) is 9.47 Å². The Hall–Kier alpha value is -1.10. The van der Waals surface area contributed by atoms with Crippen molar-refractivity contribution in [3.8, 4) is 0 Å². The lowest BCUT2D eigenvalue weighted by Gasteiger charge is -2.23. The summed E-state index contributed by atoms with van der Waals surface area (Å²) in [5, 5.41) is 2.56. The van der Waals surface area contributed by atoms with Crippen molar-refractivity contribution in [2.45, 2.75) is 45.8 Å². The van der Waals surface area contributed by atoms with Crippen molar-refractivity contribution >= 4 is 11.9 Å². The minimum absolute atomic E-state index is 0.202. The Balaban J connectivity index is 4.10. The van der Waals surface area contributed by atoms with E-state index >= 15 is 0 Å². The Morgan fingerprint density at radius 3 is 2.38 bits per heavy atom. The van der Waals surface area contributed by atoms with E-state index in [2.05, 4.69) is 5.32 Å². The molecule has 0 aliphatic heterocycles. The molecule has 0 saturated carbocycles. The number of hydrogen-bond donors (Lipinski definition) is 1. The number of ether oxygens (including phenoxy) is 2. The molecule has 5 nitrogen and oxygen atoms in total. The summed E-state index contributed by atoms with van der Waals surface area (Å²) >= 11 is 0. The number of amides is 1. The third kappa shape index (κ3) is 5.70. The molecule has 0 saturated heterocycles. The average Bonchev–Trinajstić information content (AvgIpc) is 2.17. The van der Waals surface area contributed by atoms with Gasteiger partial charge in [0.15, 0.2) is 0 Å². The molecule has 0 aromatic rings. The highest BCUT2D eigenvalue weighted by Crippen LogP contribution is 2.12. The molecule has 1 N–H and O–H groups in total. The second-order valence-electron chi connectivity index (χ2n) is 4.18. The second-order valence-corrected chi connectivity index (χ2v) is 4.18. The van der Waals surface area contributed by atoms with Crippen LogP contribution in [-0.2, 0) is 19.1 Å². The zero-order chi connectivity index (χ0) is 12.8. The van der Waals surface area contributed by atoms with Crippen LogP contribution in [0, 0.1) is 0 Å². The minimum Gasteiger partial charge on any atom is -0.464 e. The fourth-order valence-corrected chi connectivity index (χ4v) is 1.08. The summed E-state index contributed by atoms with van der Waals surface area (Å²) < 4.78 is 9.90. The topological polar surface area (TPSA) is 64.6 Å². The van der Waals surface area contributed by atoms with Crippen LogP contribution in [0.4, 0.5) is 0 Å². The number of nitrogens with one attached hydrogen (secondary N) is 1. The first-order valence-electron chi connectivity index (χ1n) is 5.33. The molecule has 0 radical (unpaired) electrons. The highest BCUT2D eigenvalue weighted by Gasteiger charge is 2.23. The number of carbonyl (C=O) groups is 2. The van der Waals surface area contributed by atoms with Gasteiger partial charge in [0.2, 0.25) is 5.91 Å². The van der Waals surface area contributed by atoms with Crippen LogP contribution < -0.4 is 5.32 Å². The summed E-state index contributed by atoms with van der Waals surface area (Å²) in [6.07, 6.45) is 0.202. The number of esters is 1. The molecule has 0 heterocycles. The third-order valence-corrected chi connectivity index (χ3v) is 2.16. The molecule has 94 valence electrons. The summed E-state index contributed by atoms with van der Waals surface area (Å²) in [6, 6.07) is -0.625. The molecule has 0 aromatic carbocycles. The Morgan fingerprint density at radius 1 is 1.38 bits per heavy atom. The lowest BCUT2D eigenvalue weighted by atomic mass is 10.0. The summed E-state index contributed by atoms with van der Waals surface area (Å²) in [5.41, 5.74) is -0.529. The van der Waals surface area contributed by atoms with E-state index in [0.717, 1.165) is 0 Å². The van der Waals surface area contributed by atoms with Gasteiger partial charge in [-0.2, -0.15) is 0 Å². The van der Waals surface area contributed by atoms with Gasteiger partial charge < -0.3 is 14.8 Å². The SMILES string of the molecule is CCOC(=O)C(C)NC(=O)CC(C)(C)OC. The smallest absolute Gasteiger partial charge is 0.328 e. The lowest BCUT2D eigenvalue weighted by Crippen LogP contribution is -2.42. The molecule has 0 spiro atoms. The predicted octanol–water partition coefficient (Wildman–Crippen LogP) is 0.869. The second kappa shape index (κ2) is 6.48. The van der Waals surface area contributed by atoms with Gasteiger partial charge in [-0.1, -0.05) is 0 Å². The molecule has 0 aromatic heterocycles. The molecule has 0 rings (SSSR count). The Kier molecular flexibility index (Phi) is 6.03. The largest absolute Gasteiger partial charge is 0.464 e. The number of rotatable bonds is 6. The van der Waals surface area contributed by atoms with Gasteiger partial charge in [0, 0.05) is 7.11 Å². The van der Waals surface area contributed by atoms with Crippen LogP contribution in [0.2, 0.25) is 0 Å². The van der Waals surface area contributed by atoms with Crippen molar-refractivity contribution in [2.75, 3.05) is 13.7 Å². The van der Waals surface area contributed by atoms with Crippen molar-refractivity contribution in [3.05, 3.63) is 0 Å². The van der Waals surface area contributed by atoms with E-state index < -0.39 is 17.6 Å². The van der Waals surface area contributed by atoms with Crippen molar-refractivity contribution in [1.29, 1.82) is 0 Å². The maximum atomic E-state index is 11.5. The van der Waals surface area contributed by atoms with Crippen molar-refractivity contribution in [1.82, 2.24) is 5.32 Å². The van der Waals surface area contributed by atoms with Crippen LogP contribution in [-0.4, -0.2) is 37.2 Å². The minimum atomic E-state index is -0.625. The number of hydrogen-bond acceptors (Lipinski definition) is 4. The van der Waals surface area contributed by atoms with Crippen LogP contribution in [0.15, 0.2) is 0 Å². The molecule has 0 aliphatic rings. The molecule has 16 heavy (non-hydrogen) atoms. The fraction of sp³-hybridized carbons (Fsp3) is 0.818. The van der Waals surface area contributed by atoms with Gasteiger partial charge in [-0.15, -0.1) is 0 Å². The lowest BCUT2D eigenvalue weighted by molar-refractivity contribution is -0.147. The summed E-state index contributed by atoms with van der Waals surface area (Å²) in [6.45, 7) is 7.24. The molecule has 1 amide bonds. The molecule has 0 aliphatic carbocycles. The Morgan fingerprint density at radius 2 is 1.94 bits per heavy atom. The van der Waals surface area contributed by atoms with Gasteiger partial charge in [-0.3, -0.25) is 4.79 Å². The Bertz CT molecular complexity index is 250. The maximum absolute atomic E-state index is 11.5. The van der Waals surface area contributed by atoms with Crippen molar-refractivity contribution < 1.29 is 19.1 Å². The van der Waals surface area contributed by atoms with Crippen LogP contribution in [0.3, 0.4) is 0 Å². The van der Waals surface area contributed by atoms with E-state index in [9.17, 15) is 9.59 Å². The summed E-state index contributed by atoms with van der Waals surface area (Å²) in [7, 11) is 1.54. The maximum Gasteiger partial charge on any atom is 0.328 e. The highest BCUT2D eigenvalue weighted by molar-refractivity contribution is 5.84. The first-order valence-corrected chi connectivity index (χ1v) is 5.33. The van der Waals surface area contributed by atoms with E-state index in [1.807, 2.05) is 13.8 Å². The van der Waals surface area contributed by atoms with Crippen molar-refractivity contribution in [3.63, 3.8) is 0 Å². The predicted molar refractivity (Wildman–Crippen MR) is 59.9 cm³/mol. The van der Waals surface area contributed by atoms with E-state index in [1.54, 1.807) is 21.0 Å². The zero-order valence-electron chi connectivity index (χ0n) is 10.6. The van der Waals surface area contributed by atoms with Gasteiger partial charge >= 0.3 is 5.97 Å². The first kappa shape index (κ1) is 14.9.